The Bertz CT molecular complexity index is 214. The van der Waals surface area contributed by atoms with Gasteiger partial charge in [0.1, 0.15) is 0 Å². The molecule has 0 radical (unpaired) electrons. The molecule has 2 fully saturated rings. The Kier molecular flexibility index (Phi) is 5.26. The molecule has 0 amide bonds. The first-order valence-corrected chi connectivity index (χ1v) is 7.40. The van der Waals surface area contributed by atoms with Gasteiger partial charge in [-0.3, -0.25) is 4.90 Å². The number of piperidine rings is 1. The van der Waals surface area contributed by atoms with Crippen LogP contribution in [0.25, 0.3) is 0 Å². The second-order valence-electron chi connectivity index (χ2n) is 5.92. The van der Waals surface area contributed by atoms with E-state index in [1.54, 1.807) is 0 Å². The summed E-state index contributed by atoms with van der Waals surface area (Å²) in [5.41, 5.74) is 0. The van der Waals surface area contributed by atoms with E-state index in [1.165, 1.54) is 65.0 Å². The fourth-order valence-corrected chi connectivity index (χ4v) is 3.35. The van der Waals surface area contributed by atoms with Gasteiger partial charge in [0.05, 0.1) is 0 Å². The van der Waals surface area contributed by atoms with E-state index < -0.39 is 0 Å². The molecule has 0 aromatic heterocycles. The third-order valence-electron chi connectivity index (χ3n) is 4.40. The summed E-state index contributed by atoms with van der Waals surface area (Å²) in [5, 5.41) is 3.31. The molecule has 2 aliphatic rings. The zero-order valence-electron chi connectivity index (χ0n) is 11.6. The van der Waals surface area contributed by atoms with Crippen LogP contribution in [0.15, 0.2) is 0 Å². The van der Waals surface area contributed by atoms with Gasteiger partial charge < -0.3 is 10.2 Å². The Morgan fingerprint density at radius 1 is 1.18 bits per heavy atom. The third-order valence-corrected chi connectivity index (χ3v) is 4.40. The number of hydrogen-bond acceptors (Lipinski definition) is 3. The van der Waals surface area contributed by atoms with E-state index in [0.29, 0.717) is 0 Å². The maximum absolute atomic E-state index is 3.31. The van der Waals surface area contributed by atoms with Crippen molar-refractivity contribution >= 4 is 0 Å². The van der Waals surface area contributed by atoms with Crippen molar-refractivity contribution in [2.45, 2.75) is 38.6 Å². The zero-order chi connectivity index (χ0) is 12.1. The van der Waals surface area contributed by atoms with Crippen LogP contribution in [0.4, 0.5) is 0 Å². The smallest absolute Gasteiger partial charge is 0.0195 e. The van der Waals surface area contributed by atoms with Crippen LogP contribution in [0, 0.1) is 5.92 Å². The molecule has 0 aliphatic carbocycles. The molecular formula is C14H29N3. The maximum atomic E-state index is 3.31. The van der Waals surface area contributed by atoms with Crippen molar-refractivity contribution in [1.82, 2.24) is 15.1 Å². The molecule has 0 aromatic carbocycles. The second-order valence-corrected chi connectivity index (χ2v) is 5.92. The van der Waals surface area contributed by atoms with E-state index >= 15 is 0 Å². The minimum Gasteiger partial charge on any atom is -0.319 e. The molecule has 1 N–H and O–H groups in total. The monoisotopic (exact) mass is 239 g/mol. The number of hydrogen-bond donors (Lipinski definition) is 1. The molecule has 0 aromatic rings. The largest absolute Gasteiger partial charge is 0.319 e. The van der Waals surface area contributed by atoms with Crippen molar-refractivity contribution in [1.29, 1.82) is 0 Å². The number of nitrogens with zero attached hydrogens (tertiary/aromatic N) is 2. The second kappa shape index (κ2) is 6.72. The maximum Gasteiger partial charge on any atom is 0.0195 e. The quantitative estimate of drug-likeness (QED) is 0.782. The highest BCUT2D eigenvalue weighted by Gasteiger charge is 2.26. The van der Waals surface area contributed by atoms with Crippen LogP contribution < -0.4 is 5.32 Å². The van der Waals surface area contributed by atoms with Crippen LogP contribution in [-0.4, -0.2) is 62.2 Å². The number of rotatable bonds is 5. The van der Waals surface area contributed by atoms with Crippen molar-refractivity contribution in [3.8, 4) is 0 Å². The van der Waals surface area contributed by atoms with Crippen LogP contribution in [0.3, 0.4) is 0 Å². The molecule has 0 saturated carbocycles. The fourth-order valence-electron chi connectivity index (χ4n) is 3.35. The van der Waals surface area contributed by atoms with E-state index in [9.17, 15) is 0 Å². The van der Waals surface area contributed by atoms with Crippen molar-refractivity contribution < 1.29 is 0 Å². The molecule has 100 valence electrons. The van der Waals surface area contributed by atoms with Crippen molar-refractivity contribution in [3.05, 3.63) is 0 Å². The van der Waals surface area contributed by atoms with Gasteiger partial charge in [0.25, 0.3) is 0 Å². The highest BCUT2D eigenvalue weighted by Crippen LogP contribution is 2.19. The number of likely N-dealkylation sites (tertiary alicyclic amines) is 2. The van der Waals surface area contributed by atoms with Gasteiger partial charge >= 0.3 is 0 Å². The summed E-state index contributed by atoms with van der Waals surface area (Å²) < 4.78 is 0. The molecule has 0 bridgehead atoms. The summed E-state index contributed by atoms with van der Waals surface area (Å²) in [6.45, 7) is 10.2. The summed E-state index contributed by atoms with van der Waals surface area (Å²) in [4.78, 5) is 5.36. The predicted molar refractivity (Wildman–Crippen MR) is 73.4 cm³/mol. The van der Waals surface area contributed by atoms with Crippen LogP contribution in [-0.2, 0) is 0 Å². The van der Waals surface area contributed by atoms with Gasteiger partial charge in [-0.05, 0) is 65.3 Å². The van der Waals surface area contributed by atoms with Crippen molar-refractivity contribution in [2.75, 3.05) is 46.3 Å². The zero-order valence-corrected chi connectivity index (χ0v) is 11.6. The van der Waals surface area contributed by atoms with Crippen molar-refractivity contribution in [2.24, 2.45) is 5.92 Å². The molecule has 2 unspecified atom stereocenters. The Hall–Kier alpha value is -0.120. The highest BCUT2D eigenvalue weighted by molar-refractivity contribution is 4.82. The summed E-state index contributed by atoms with van der Waals surface area (Å²) in [6, 6.07) is 0.745. The van der Waals surface area contributed by atoms with E-state index in [0.717, 1.165) is 12.0 Å². The van der Waals surface area contributed by atoms with E-state index in [1.807, 2.05) is 0 Å². The Labute approximate surface area is 107 Å². The molecule has 3 heteroatoms. The average Bonchev–Trinajstić information content (AvgIpc) is 2.79. The Morgan fingerprint density at radius 3 is 2.65 bits per heavy atom. The first kappa shape index (κ1) is 13.3. The Balaban J connectivity index is 1.70. The lowest BCUT2D eigenvalue weighted by atomic mass is 10.1. The van der Waals surface area contributed by atoms with E-state index in [4.69, 9.17) is 0 Å². The van der Waals surface area contributed by atoms with Gasteiger partial charge in [0, 0.05) is 19.1 Å². The molecule has 2 saturated heterocycles. The van der Waals surface area contributed by atoms with Gasteiger partial charge in [-0.1, -0.05) is 6.42 Å². The SMILES string of the molecule is CNCC1CCN(C(C)CN2CCCCC2)C1. The lowest BCUT2D eigenvalue weighted by Gasteiger charge is -2.33. The van der Waals surface area contributed by atoms with Crippen LogP contribution in [0.2, 0.25) is 0 Å². The molecular weight excluding hydrogens is 210 g/mol. The van der Waals surface area contributed by atoms with Crippen LogP contribution >= 0.6 is 0 Å². The van der Waals surface area contributed by atoms with Crippen LogP contribution in [0.5, 0.6) is 0 Å². The summed E-state index contributed by atoms with van der Waals surface area (Å²) in [5.74, 6) is 0.879. The van der Waals surface area contributed by atoms with Gasteiger partial charge in [0.2, 0.25) is 0 Å². The topological polar surface area (TPSA) is 18.5 Å². The average molecular weight is 239 g/mol. The highest BCUT2D eigenvalue weighted by atomic mass is 15.2. The normalized spacial score (nSPS) is 29.6. The molecule has 2 rings (SSSR count). The Morgan fingerprint density at radius 2 is 1.94 bits per heavy atom. The fraction of sp³-hybridized carbons (Fsp3) is 1.00. The lowest BCUT2D eigenvalue weighted by Crippen LogP contribution is -2.43. The first-order valence-electron chi connectivity index (χ1n) is 7.40. The minimum atomic E-state index is 0.745. The van der Waals surface area contributed by atoms with E-state index in [2.05, 4.69) is 29.1 Å². The van der Waals surface area contributed by atoms with Crippen LogP contribution in [0.1, 0.15) is 32.6 Å². The van der Waals surface area contributed by atoms with Gasteiger partial charge in [0.15, 0.2) is 0 Å². The molecule has 2 heterocycles. The van der Waals surface area contributed by atoms with E-state index in [-0.39, 0.29) is 0 Å². The minimum absolute atomic E-state index is 0.745. The molecule has 2 atom stereocenters. The molecule has 17 heavy (non-hydrogen) atoms. The number of nitrogens with one attached hydrogen (secondary N) is 1. The molecule has 0 spiro atoms. The molecule has 3 nitrogen and oxygen atoms in total. The van der Waals surface area contributed by atoms with Gasteiger partial charge in [-0.25, -0.2) is 0 Å². The summed E-state index contributed by atoms with van der Waals surface area (Å²) in [7, 11) is 2.07. The van der Waals surface area contributed by atoms with Gasteiger partial charge in [-0.2, -0.15) is 0 Å². The first-order chi connectivity index (χ1) is 8.29. The standard InChI is InChI=1S/C14H29N3/c1-13(11-16-7-4-3-5-8-16)17-9-6-14(12-17)10-15-2/h13-15H,3-12H2,1-2H3. The van der Waals surface area contributed by atoms with Crippen molar-refractivity contribution in [3.63, 3.8) is 0 Å². The predicted octanol–water partition coefficient (Wildman–Crippen LogP) is 1.40. The van der Waals surface area contributed by atoms with Gasteiger partial charge in [-0.15, -0.1) is 0 Å². The summed E-state index contributed by atoms with van der Waals surface area (Å²) >= 11 is 0. The third kappa shape index (κ3) is 3.94. The summed E-state index contributed by atoms with van der Waals surface area (Å²) in [6.07, 6.45) is 5.65. The molecule has 2 aliphatic heterocycles. The lowest BCUT2D eigenvalue weighted by molar-refractivity contribution is 0.150.